The van der Waals surface area contributed by atoms with Crippen LogP contribution in [0.1, 0.15) is 59.3 Å². The van der Waals surface area contributed by atoms with E-state index in [0.29, 0.717) is 12.0 Å². The number of nitrogens with two attached hydrogens (primary N) is 1. The van der Waals surface area contributed by atoms with E-state index < -0.39 is 0 Å². The standard InChI is InChI=1S/C15H32N2/c1-5-13-8-6-7-9-15(13)17(4)11-10-14(16)12(2)3/h12-15H,5-11,16H2,1-4H3. The third-order valence-corrected chi connectivity index (χ3v) is 4.63. The molecule has 0 aromatic carbocycles. The summed E-state index contributed by atoms with van der Waals surface area (Å²) >= 11 is 0. The van der Waals surface area contributed by atoms with Crippen LogP contribution in [0.3, 0.4) is 0 Å². The van der Waals surface area contributed by atoms with Gasteiger partial charge in [-0.3, -0.25) is 0 Å². The molecule has 0 aromatic heterocycles. The molecule has 1 fully saturated rings. The highest BCUT2D eigenvalue weighted by Crippen LogP contribution is 2.30. The molecule has 1 rings (SSSR count). The highest BCUT2D eigenvalue weighted by Gasteiger charge is 2.26. The fourth-order valence-corrected chi connectivity index (χ4v) is 3.10. The van der Waals surface area contributed by atoms with E-state index in [-0.39, 0.29) is 0 Å². The second-order valence-electron chi connectivity index (χ2n) is 6.20. The van der Waals surface area contributed by atoms with Gasteiger partial charge in [-0.2, -0.15) is 0 Å². The van der Waals surface area contributed by atoms with E-state index in [0.717, 1.165) is 18.4 Å². The third-order valence-electron chi connectivity index (χ3n) is 4.63. The number of rotatable bonds is 6. The summed E-state index contributed by atoms with van der Waals surface area (Å²) in [6.07, 6.45) is 8.16. The van der Waals surface area contributed by atoms with E-state index in [1.54, 1.807) is 0 Å². The third kappa shape index (κ3) is 4.59. The molecule has 0 aliphatic heterocycles. The average Bonchev–Trinajstić information content (AvgIpc) is 2.35. The predicted molar refractivity (Wildman–Crippen MR) is 76.1 cm³/mol. The number of nitrogens with zero attached hydrogens (tertiary/aromatic N) is 1. The van der Waals surface area contributed by atoms with Gasteiger partial charge >= 0.3 is 0 Å². The summed E-state index contributed by atoms with van der Waals surface area (Å²) in [5.74, 6) is 1.53. The molecule has 102 valence electrons. The topological polar surface area (TPSA) is 29.3 Å². The van der Waals surface area contributed by atoms with E-state index in [9.17, 15) is 0 Å². The summed E-state index contributed by atoms with van der Waals surface area (Å²) in [6.45, 7) is 7.96. The Hall–Kier alpha value is -0.0800. The minimum atomic E-state index is 0.362. The Labute approximate surface area is 108 Å². The van der Waals surface area contributed by atoms with E-state index in [1.807, 2.05) is 0 Å². The predicted octanol–water partition coefficient (Wildman–Crippen LogP) is 3.26. The summed E-state index contributed by atoms with van der Waals surface area (Å²) in [5, 5.41) is 0. The van der Waals surface area contributed by atoms with Crippen LogP contribution in [0.25, 0.3) is 0 Å². The molecule has 17 heavy (non-hydrogen) atoms. The lowest BCUT2D eigenvalue weighted by molar-refractivity contribution is 0.122. The van der Waals surface area contributed by atoms with Gasteiger partial charge in [-0.15, -0.1) is 0 Å². The second kappa shape index (κ2) is 7.38. The Bertz CT molecular complexity index is 203. The van der Waals surface area contributed by atoms with Gasteiger partial charge in [0.25, 0.3) is 0 Å². The Kier molecular flexibility index (Phi) is 6.50. The fraction of sp³-hybridized carbons (Fsp3) is 1.00. The van der Waals surface area contributed by atoms with Crippen molar-refractivity contribution in [2.45, 2.75) is 71.4 Å². The molecule has 0 spiro atoms. The van der Waals surface area contributed by atoms with Gasteiger partial charge in [-0.25, -0.2) is 0 Å². The maximum Gasteiger partial charge on any atom is 0.0120 e. The van der Waals surface area contributed by atoms with Gasteiger partial charge in [0.15, 0.2) is 0 Å². The summed E-state index contributed by atoms with van der Waals surface area (Å²) in [6, 6.07) is 1.18. The molecule has 2 N–H and O–H groups in total. The van der Waals surface area contributed by atoms with Crippen molar-refractivity contribution in [1.82, 2.24) is 4.90 Å². The summed E-state index contributed by atoms with van der Waals surface area (Å²) in [7, 11) is 2.30. The van der Waals surface area contributed by atoms with Gasteiger partial charge in [-0.05, 0) is 44.7 Å². The molecule has 0 bridgehead atoms. The molecule has 1 aliphatic rings. The first kappa shape index (κ1) is 15.0. The summed E-state index contributed by atoms with van der Waals surface area (Å²) in [5.41, 5.74) is 6.13. The van der Waals surface area contributed by atoms with Crippen LogP contribution in [-0.4, -0.2) is 30.6 Å². The van der Waals surface area contributed by atoms with E-state index >= 15 is 0 Å². The van der Waals surface area contributed by atoms with Crippen LogP contribution in [0.15, 0.2) is 0 Å². The quantitative estimate of drug-likeness (QED) is 0.772. The highest BCUT2D eigenvalue weighted by molar-refractivity contribution is 4.82. The van der Waals surface area contributed by atoms with Crippen LogP contribution in [0.2, 0.25) is 0 Å². The molecular formula is C15H32N2. The first-order valence-corrected chi connectivity index (χ1v) is 7.52. The lowest BCUT2D eigenvalue weighted by Crippen LogP contribution is -2.42. The molecule has 1 saturated carbocycles. The smallest absolute Gasteiger partial charge is 0.0120 e. The zero-order chi connectivity index (χ0) is 12.8. The summed E-state index contributed by atoms with van der Waals surface area (Å²) in [4.78, 5) is 2.58. The normalized spacial score (nSPS) is 27.7. The Morgan fingerprint density at radius 2 is 1.88 bits per heavy atom. The molecule has 1 aliphatic carbocycles. The van der Waals surface area contributed by atoms with Crippen LogP contribution in [-0.2, 0) is 0 Å². The number of hydrogen-bond acceptors (Lipinski definition) is 2. The molecule has 2 heteroatoms. The van der Waals surface area contributed by atoms with Crippen molar-refractivity contribution in [3.05, 3.63) is 0 Å². The largest absolute Gasteiger partial charge is 0.327 e. The molecular weight excluding hydrogens is 208 g/mol. The van der Waals surface area contributed by atoms with Gasteiger partial charge in [-0.1, -0.05) is 40.0 Å². The lowest BCUT2D eigenvalue weighted by atomic mass is 9.82. The zero-order valence-electron chi connectivity index (χ0n) is 12.3. The number of hydrogen-bond donors (Lipinski definition) is 1. The van der Waals surface area contributed by atoms with Crippen LogP contribution < -0.4 is 5.73 Å². The first-order valence-electron chi connectivity index (χ1n) is 7.52. The van der Waals surface area contributed by atoms with Crippen LogP contribution in [0.4, 0.5) is 0 Å². The fourth-order valence-electron chi connectivity index (χ4n) is 3.10. The minimum Gasteiger partial charge on any atom is -0.327 e. The first-order chi connectivity index (χ1) is 8.06. The van der Waals surface area contributed by atoms with Gasteiger partial charge in [0, 0.05) is 12.1 Å². The van der Waals surface area contributed by atoms with E-state index in [1.165, 1.54) is 38.6 Å². The molecule has 3 atom stereocenters. The Morgan fingerprint density at radius 3 is 2.47 bits per heavy atom. The minimum absolute atomic E-state index is 0.362. The second-order valence-corrected chi connectivity index (χ2v) is 6.20. The average molecular weight is 240 g/mol. The molecule has 0 amide bonds. The van der Waals surface area contributed by atoms with Crippen molar-refractivity contribution in [2.24, 2.45) is 17.6 Å². The molecule has 3 unspecified atom stereocenters. The van der Waals surface area contributed by atoms with Crippen molar-refractivity contribution in [1.29, 1.82) is 0 Å². The molecule has 0 heterocycles. The summed E-state index contributed by atoms with van der Waals surface area (Å²) < 4.78 is 0. The van der Waals surface area contributed by atoms with Gasteiger partial charge < -0.3 is 10.6 Å². The van der Waals surface area contributed by atoms with Crippen LogP contribution >= 0.6 is 0 Å². The monoisotopic (exact) mass is 240 g/mol. The van der Waals surface area contributed by atoms with Gasteiger partial charge in [0.2, 0.25) is 0 Å². The molecule has 0 aromatic rings. The van der Waals surface area contributed by atoms with Crippen molar-refractivity contribution in [3.63, 3.8) is 0 Å². The van der Waals surface area contributed by atoms with Crippen molar-refractivity contribution in [2.75, 3.05) is 13.6 Å². The lowest BCUT2D eigenvalue weighted by Gasteiger charge is -2.38. The SMILES string of the molecule is CCC1CCCCC1N(C)CCC(N)C(C)C. The maximum absolute atomic E-state index is 6.13. The van der Waals surface area contributed by atoms with E-state index in [2.05, 4.69) is 32.7 Å². The zero-order valence-corrected chi connectivity index (χ0v) is 12.3. The van der Waals surface area contributed by atoms with E-state index in [4.69, 9.17) is 5.73 Å². The van der Waals surface area contributed by atoms with Crippen molar-refractivity contribution >= 4 is 0 Å². The Balaban J connectivity index is 2.37. The van der Waals surface area contributed by atoms with Crippen LogP contribution in [0, 0.1) is 11.8 Å². The molecule has 2 nitrogen and oxygen atoms in total. The van der Waals surface area contributed by atoms with Crippen molar-refractivity contribution in [3.8, 4) is 0 Å². The van der Waals surface area contributed by atoms with Gasteiger partial charge in [0.1, 0.15) is 0 Å². The Morgan fingerprint density at radius 1 is 1.24 bits per heavy atom. The highest BCUT2D eigenvalue weighted by atomic mass is 15.1. The molecule has 0 radical (unpaired) electrons. The maximum atomic E-state index is 6.13. The molecule has 0 saturated heterocycles. The van der Waals surface area contributed by atoms with Gasteiger partial charge in [0.05, 0.1) is 0 Å². The van der Waals surface area contributed by atoms with Crippen molar-refractivity contribution < 1.29 is 0 Å². The van der Waals surface area contributed by atoms with Crippen LogP contribution in [0.5, 0.6) is 0 Å².